The first kappa shape index (κ1) is 29.1. The van der Waals surface area contributed by atoms with Crippen LogP contribution in [-0.4, -0.2) is 42.9 Å². The second-order valence-electron chi connectivity index (χ2n) is 14.5. The fourth-order valence-corrected chi connectivity index (χ4v) is 10.1. The van der Waals surface area contributed by atoms with Gasteiger partial charge < -0.3 is 20.7 Å². The second kappa shape index (κ2) is 11.7. The van der Waals surface area contributed by atoms with Crippen molar-refractivity contribution in [1.82, 2.24) is 16.0 Å². The molecule has 4 fully saturated rings. The number of rotatable bonds is 10. The first-order chi connectivity index (χ1) is 17.5. The second-order valence-corrected chi connectivity index (χ2v) is 14.5. The highest BCUT2D eigenvalue weighted by Gasteiger charge is 2.63. The van der Waals surface area contributed by atoms with Crippen molar-refractivity contribution in [3.05, 3.63) is 0 Å². The molecule has 0 aromatic carbocycles. The Labute approximate surface area is 227 Å². The molecule has 0 saturated heterocycles. The number of ketones is 1. The summed E-state index contributed by atoms with van der Waals surface area (Å²) in [5.41, 5.74) is 0.743. The molecule has 0 spiro atoms. The van der Waals surface area contributed by atoms with E-state index in [1.54, 1.807) is 13.8 Å². The largest absolute Gasteiger partial charge is 0.353 e. The summed E-state index contributed by atoms with van der Waals surface area (Å²) in [5, 5.41) is 10.9. The topological polar surface area (TPSA) is 70.2 Å². The Morgan fingerprint density at radius 1 is 0.892 bits per heavy atom. The summed E-state index contributed by atoms with van der Waals surface area (Å²) in [5.74, 6) is 4.50. The molecule has 4 saturated carbocycles. The number of amides is 1. The molecule has 5 nitrogen and oxygen atoms in total. The molecule has 37 heavy (non-hydrogen) atoms. The van der Waals surface area contributed by atoms with Gasteiger partial charge in [0, 0.05) is 44.6 Å². The van der Waals surface area contributed by atoms with E-state index in [1.807, 2.05) is 0 Å². The van der Waals surface area contributed by atoms with Crippen molar-refractivity contribution < 1.29 is 9.59 Å². The van der Waals surface area contributed by atoms with E-state index in [0.29, 0.717) is 64.3 Å². The molecular formula is C32H57N3O2. The van der Waals surface area contributed by atoms with Crippen LogP contribution < -0.4 is 16.0 Å². The van der Waals surface area contributed by atoms with Gasteiger partial charge in [-0.15, -0.1) is 0 Å². The van der Waals surface area contributed by atoms with Gasteiger partial charge in [-0.3, -0.25) is 4.79 Å². The summed E-state index contributed by atoms with van der Waals surface area (Å²) in [6.07, 6.45) is 12.0. The Balaban J connectivity index is 1.50. The van der Waals surface area contributed by atoms with Gasteiger partial charge in [-0.1, -0.05) is 34.6 Å². The molecule has 6 unspecified atom stereocenters. The van der Waals surface area contributed by atoms with Crippen LogP contribution >= 0.6 is 0 Å². The number of Topliss-reactive ketones (excluding diaryl/α,β-unsaturated/α-hetero) is 1. The van der Waals surface area contributed by atoms with Gasteiger partial charge >= 0.3 is 0 Å². The maximum absolute atomic E-state index is 12.5. The Morgan fingerprint density at radius 3 is 2.27 bits per heavy atom. The molecule has 4 aliphatic rings. The highest BCUT2D eigenvalue weighted by atomic mass is 16.1. The predicted molar refractivity (Wildman–Crippen MR) is 152 cm³/mol. The number of nitrogens with one attached hydrogen (secondary N) is 3. The number of fused-ring (bicyclic) bond motifs is 5. The monoisotopic (exact) mass is 515 g/mol. The Morgan fingerprint density at radius 2 is 1.59 bits per heavy atom. The van der Waals surface area contributed by atoms with Gasteiger partial charge in [0.1, 0.15) is 5.78 Å². The summed E-state index contributed by atoms with van der Waals surface area (Å²) < 4.78 is 0. The molecule has 10 atom stereocenters. The zero-order valence-electron chi connectivity index (χ0n) is 25.0. The van der Waals surface area contributed by atoms with Crippen LogP contribution in [0.4, 0.5) is 0 Å². The van der Waals surface area contributed by atoms with E-state index >= 15 is 0 Å². The van der Waals surface area contributed by atoms with Crippen LogP contribution in [0.25, 0.3) is 0 Å². The Bertz CT molecular complexity index is 814. The van der Waals surface area contributed by atoms with Gasteiger partial charge in [0.15, 0.2) is 0 Å². The third-order valence-corrected chi connectivity index (χ3v) is 11.9. The molecule has 212 valence electrons. The average molecular weight is 516 g/mol. The lowest BCUT2D eigenvalue weighted by molar-refractivity contribution is -0.140. The van der Waals surface area contributed by atoms with E-state index in [2.05, 4.69) is 50.6 Å². The van der Waals surface area contributed by atoms with Crippen LogP contribution in [0.5, 0.6) is 0 Å². The van der Waals surface area contributed by atoms with Crippen LogP contribution in [0.3, 0.4) is 0 Å². The molecule has 4 rings (SSSR count). The normalized spacial score (nSPS) is 42.0. The molecule has 4 aliphatic carbocycles. The number of carbonyl (C=O) groups excluding carboxylic acids is 2. The maximum atomic E-state index is 12.5. The fourth-order valence-electron chi connectivity index (χ4n) is 10.1. The van der Waals surface area contributed by atoms with Crippen LogP contribution in [0.15, 0.2) is 0 Å². The fraction of sp³-hybridized carbons (Fsp3) is 0.938. The molecule has 0 aromatic heterocycles. The van der Waals surface area contributed by atoms with E-state index in [1.165, 1.54) is 44.9 Å². The number of carbonyl (C=O) groups is 2. The quantitative estimate of drug-likeness (QED) is 0.325. The maximum Gasteiger partial charge on any atom is 0.217 e. The molecule has 5 heteroatoms. The molecule has 0 heterocycles. The molecule has 0 radical (unpaired) electrons. The summed E-state index contributed by atoms with van der Waals surface area (Å²) in [6, 6.07) is 1.46. The van der Waals surface area contributed by atoms with E-state index in [-0.39, 0.29) is 5.91 Å². The van der Waals surface area contributed by atoms with Crippen LogP contribution in [0.1, 0.15) is 113 Å². The minimum Gasteiger partial charge on any atom is -0.353 e. The average Bonchev–Trinajstić information content (AvgIpc) is 3.17. The number of hydrogen-bond donors (Lipinski definition) is 3. The summed E-state index contributed by atoms with van der Waals surface area (Å²) in [7, 11) is 0. The molecule has 0 bridgehead atoms. The van der Waals surface area contributed by atoms with Crippen molar-refractivity contribution in [2.24, 2.45) is 46.3 Å². The molecular weight excluding hydrogens is 458 g/mol. The van der Waals surface area contributed by atoms with Gasteiger partial charge in [0.05, 0.1) is 0 Å². The van der Waals surface area contributed by atoms with E-state index in [9.17, 15) is 9.59 Å². The number of hydrogen-bond acceptors (Lipinski definition) is 4. The van der Waals surface area contributed by atoms with Crippen molar-refractivity contribution >= 4 is 11.7 Å². The minimum absolute atomic E-state index is 0.147. The third-order valence-electron chi connectivity index (χ3n) is 11.9. The minimum atomic E-state index is 0.147. The predicted octanol–water partition coefficient (Wildman–Crippen LogP) is 5.72. The van der Waals surface area contributed by atoms with E-state index in [4.69, 9.17) is 0 Å². The zero-order chi connectivity index (χ0) is 27.0. The van der Waals surface area contributed by atoms with Gasteiger partial charge in [0.2, 0.25) is 5.91 Å². The van der Waals surface area contributed by atoms with Crippen molar-refractivity contribution in [2.45, 2.75) is 131 Å². The third kappa shape index (κ3) is 5.98. The lowest BCUT2D eigenvalue weighted by atomic mass is 9.43. The first-order valence-electron chi connectivity index (χ1n) is 15.7. The van der Waals surface area contributed by atoms with E-state index in [0.717, 1.165) is 38.3 Å². The van der Waals surface area contributed by atoms with E-state index < -0.39 is 0 Å². The standard InChI is InChI=1S/C32H57N3O2/c1-20(2)33-16-17-34-25-12-14-31(6)24(18-25)19-29(35-23(5)37)30-27-11-10-26(21(3)8-9-22(4)36)32(27,7)15-13-28(30)31/h20-21,24-30,33-34H,8-19H2,1-7H3,(H,35,37)/t21?,24-,25?,26-,27?,28?,29+,30?,31?,32-/m1/s1. The lowest BCUT2D eigenvalue weighted by Gasteiger charge is -2.63. The highest BCUT2D eigenvalue weighted by molar-refractivity contribution is 5.75. The van der Waals surface area contributed by atoms with Crippen molar-refractivity contribution in [1.29, 1.82) is 0 Å². The molecule has 1 amide bonds. The van der Waals surface area contributed by atoms with Crippen molar-refractivity contribution in [3.63, 3.8) is 0 Å². The Kier molecular flexibility index (Phi) is 9.16. The van der Waals surface area contributed by atoms with Gasteiger partial charge in [-0.25, -0.2) is 0 Å². The SMILES string of the molecule is CC(=O)CCC(C)[C@H]1CCC2C3C(CC[C@@]21C)C1(C)CCC(NCCNC(C)C)C[C@@H]1C[C@@H]3NC(C)=O. The summed E-state index contributed by atoms with van der Waals surface area (Å²) in [6.45, 7) is 17.6. The van der Waals surface area contributed by atoms with Gasteiger partial charge in [0.25, 0.3) is 0 Å². The zero-order valence-corrected chi connectivity index (χ0v) is 25.0. The summed E-state index contributed by atoms with van der Waals surface area (Å²) in [4.78, 5) is 24.2. The first-order valence-corrected chi connectivity index (χ1v) is 15.7. The van der Waals surface area contributed by atoms with Crippen LogP contribution in [0, 0.1) is 46.3 Å². The molecule has 0 aliphatic heterocycles. The van der Waals surface area contributed by atoms with Crippen LogP contribution in [-0.2, 0) is 9.59 Å². The Hall–Kier alpha value is -0.940. The molecule has 0 aromatic rings. The highest BCUT2D eigenvalue weighted by Crippen LogP contribution is 2.68. The van der Waals surface area contributed by atoms with Crippen LogP contribution in [0.2, 0.25) is 0 Å². The van der Waals surface area contributed by atoms with Gasteiger partial charge in [-0.05, 0) is 111 Å². The van der Waals surface area contributed by atoms with Gasteiger partial charge in [-0.2, -0.15) is 0 Å². The molecule has 3 N–H and O–H groups in total. The van der Waals surface area contributed by atoms with Crippen molar-refractivity contribution in [3.8, 4) is 0 Å². The summed E-state index contributed by atoms with van der Waals surface area (Å²) >= 11 is 0. The lowest BCUT2D eigenvalue weighted by Crippen LogP contribution is -2.62. The van der Waals surface area contributed by atoms with Crippen molar-refractivity contribution in [2.75, 3.05) is 13.1 Å². The smallest absolute Gasteiger partial charge is 0.217 e.